The number of amides is 1. The number of benzene rings is 2. The number of carboxylic acid groups (broad SMARTS) is 1. The van der Waals surface area contributed by atoms with E-state index < -0.39 is 5.97 Å². The average Bonchev–Trinajstić information content (AvgIpc) is 2.87. The molecule has 4 aromatic rings. The van der Waals surface area contributed by atoms with Crippen LogP contribution < -0.4 is 16.4 Å². The summed E-state index contributed by atoms with van der Waals surface area (Å²) in [5.74, 6) is -1.09. The maximum absolute atomic E-state index is 11.5. The zero-order valence-electron chi connectivity index (χ0n) is 18.9. The summed E-state index contributed by atoms with van der Waals surface area (Å²) in [7, 11) is 1.59. The van der Waals surface area contributed by atoms with Crippen molar-refractivity contribution in [3.8, 4) is 0 Å². The standard InChI is InChI=1S/C13H13N3O2.C12H10N2O3/c1-14-13(18)11-4-2-10(3-5-11)8-16-9-15-7-6-12(16)17;15-11-5-6-13-8-14(11)7-9-1-3-10(4-2-9)12(16)17/h2-7,9H,8H2,1H3,(H,14,18);1-6,8H,7H2,(H,16,17). The molecule has 35 heavy (non-hydrogen) atoms. The van der Waals surface area contributed by atoms with E-state index in [1.165, 1.54) is 58.4 Å². The molecule has 178 valence electrons. The Morgan fingerprint density at radius 3 is 1.54 bits per heavy atom. The summed E-state index contributed by atoms with van der Waals surface area (Å²) in [4.78, 5) is 52.7. The van der Waals surface area contributed by atoms with E-state index in [9.17, 15) is 19.2 Å². The van der Waals surface area contributed by atoms with Crippen molar-refractivity contribution < 1.29 is 14.7 Å². The van der Waals surface area contributed by atoms with Crippen LogP contribution in [0.5, 0.6) is 0 Å². The molecule has 0 atom stereocenters. The van der Waals surface area contributed by atoms with E-state index in [4.69, 9.17) is 5.11 Å². The highest BCUT2D eigenvalue weighted by Gasteiger charge is 2.04. The van der Waals surface area contributed by atoms with Crippen molar-refractivity contribution in [1.82, 2.24) is 24.4 Å². The quantitative estimate of drug-likeness (QED) is 0.434. The van der Waals surface area contributed by atoms with Crippen molar-refractivity contribution in [2.45, 2.75) is 13.1 Å². The normalized spacial score (nSPS) is 10.1. The van der Waals surface area contributed by atoms with Crippen LogP contribution >= 0.6 is 0 Å². The summed E-state index contributed by atoms with van der Waals surface area (Å²) < 4.78 is 2.96. The summed E-state index contributed by atoms with van der Waals surface area (Å²) in [6.07, 6.45) is 5.85. The fraction of sp³-hybridized carbons (Fsp3) is 0.120. The van der Waals surface area contributed by atoms with Gasteiger partial charge in [-0.05, 0) is 35.4 Å². The summed E-state index contributed by atoms with van der Waals surface area (Å²) in [6.45, 7) is 0.827. The van der Waals surface area contributed by atoms with Gasteiger partial charge >= 0.3 is 5.97 Å². The van der Waals surface area contributed by atoms with E-state index in [1.807, 2.05) is 12.1 Å². The van der Waals surface area contributed by atoms with Gasteiger partial charge in [-0.2, -0.15) is 0 Å². The molecule has 0 unspecified atom stereocenters. The van der Waals surface area contributed by atoms with Crippen LogP contribution in [0.15, 0.2) is 95.3 Å². The topological polar surface area (TPSA) is 136 Å². The average molecular weight is 473 g/mol. The Kier molecular flexibility index (Phi) is 8.38. The molecule has 0 fully saturated rings. The van der Waals surface area contributed by atoms with Crippen LogP contribution in [0.1, 0.15) is 31.8 Å². The van der Waals surface area contributed by atoms with E-state index >= 15 is 0 Å². The Labute approximate surface area is 200 Å². The minimum atomic E-state index is -0.963. The molecule has 2 N–H and O–H groups in total. The predicted molar refractivity (Wildman–Crippen MR) is 128 cm³/mol. The van der Waals surface area contributed by atoms with Crippen molar-refractivity contribution >= 4 is 11.9 Å². The molecule has 0 saturated heterocycles. The molecule has 0 aliphatic carbocycles. The van der Waals surface area contributed by atoms with Gasteiger partial charge in [0.15, 0.2) is 0 Å². The van der Waals surface area contributed by atoms with Gasteiger partial charge in [-0.1, -0.05) is 24.3 Å². The van der Waals surface area contributed by atoms with Gasteiger partial charge in [0, 0.05) is 37.1 Å². The van der Waals surface area contributed by atoms with Crippen LogP contribution in [-0.4, -0.2) is 43.1 Å². The number of carbonyl (C=O) groups is 2. The van der Waals surface area contributed by atoms with Crippen LogP contribution in [0.3, 0.4) is 0 Å². The molecule has 2 heterocycles. The molecule has 4 rings (SSSR count). The molecule has 0 radical (unpaired) electrons. The van der Waals surface area contributed by atoms with Gasteiger partial charge in [0.25, 0.3) is 17.0 Å². The van der Waals surface area contributed by atoms with Crippen molar-refractivity contribution in [3.05, 3.63) is 129 Å². The second kappa shape index (κ2) is 11.8. The smallest absolute Gasteiger partial charge is 0.335 e. The number of aromatic nitrogens is 4. The lowest BCUT2D eigenvalue weighted by Gasteiger charge is -2.05. The SMILES string of the molecule is CNC(=O)c1ccc(Cn2cnccc2=O)cc1.O=C(O)c1ccc(Cn2cnccc2=O)cc1. The van der Waals surface area contributed by atoms with Gasteiger partial charge in [-0.25, -0.2) is 14.8 Å². The molecule has 1 amide bonds. The minimum Gasteiger partial charge on any atom is -0.478 e. The van der Waals surface area contributed by atoms with E-state index in [-0.39, 0.29) is 22.6 Å². The Morgan fingerprint density at radius 2 is 1.17 bits per heavy atom. The van der Waals surface area contributed by atoms with Crippen molar-refractivity contribution in [1.29, 1.82) is 0 Å². The molecular weight excluding hydrogens is 450 g/mol. The fourth-order valence-electron chi connectivity index (χ4n) is 3.05. The summed E-state index contributed by atoms with van der Waals surface area (Å²) in [5, 5.41) is 11.3. The lowest BCUT2D eigenvalue weighted by molar-refractivity contribution is 0.0696. The second-order valence-electron chi connectivity index (χ2n) is 7.37. The first-order valence-electron chi connectivity index (χ1n) is 10.5. The molecule has 0 aliphatic heterocycles. The third-order valence-electron chi connectivity index (χ3n) is 4.93. The van der Waals surface area contributed by atoms with Gasteiger partial charge in [0.1, 0.15) is 0 Å². The third kappa shape index (κ3) is 7.06. The van der Waals surface area contributed by atoms with Crippen molar-refractivity contribution in [2.24, 2.45) is 0 Å². The molecule has 0 aliphatic rings. The molecular formula is C25H23N5O5. The molecule has 2 aromatic heterocycles. The maximum atomic E-state index is 11.5. The molecule has 10 heteroatoms. The number of aromatic carboxylic acids is 1. The first-order chi connectivity index (χ1) is 16.9. The van der Waals surface area contributed by atoms with E-state index in [0.29, 0.717) is 18.7 Å². The van der Waals surface area contributed by atoms with Gasteiger partial charge < -0.3 is 10.4 Å². The number of nitrogens with one attached hydrogen (secondary N) is 1. The predicted octanol–water partition coefficient (Wildman–Crippen LogP) is 1.64. The molecule has 10 nitrogen and oxygen atoms in total. The molecule has 0 spiro atoms. The van der Waals surface area contributed by atoms with Crippen LogP contribution in [0, 0.1) is 0 Å². The Morgan fingerprint density at radius 1 is 0.743 bits per heavy atom. The zero-order chi connectivity index (χ0) is 25.2. The van der Waals surface area contributed by atoms with Gasteiger partial charge in [-0.3, -0.25) is 23.5 Å². The first kappa shape index (κ1) is 24.8. The van der Waals surface area contributed by atoms with Gasteiger partial charge in [-0.15, -0.1) is 0 Å². The number of rotatable bonds is 6. The summed E-state index contributed by atoms with van der Waals surface area (Å²) >= 11 is 0. The van der Waals surface area contributed by atoms with Crippen LogP contribution in [-0.2, 0) is 13.1 Å². The van der Waals surface area contributed by atoms with E-state index in [0.717, 1.165) is 11.1 Å². The highest BCUT2D eigenvalue weighted by molar-refractivity contribution is 5.93. The third-order valence-corrected chi connectivity index (χ3v) is 4.93. The van der Waals surface area contributed by atoms with Crippen LogP contribution in [0.2, 0.25) is 0 Å². The van der Waals surface area contributed by atoms with E-state index in [1.54, 1.807) is 31.3 Å². The van der Waals surface area contributed by atoms with Gasteiger partial charge in [0.05, 0.1) is 31.3 Å². The molecule has 0 bridgehead atoms. The number of carbonyl (C=O) groups excluding carboxylic acids is 1. The fourth-order valence-corrected chi connectivity index (χ4v) is 3.05. The summed E-state index contributed by atoms with van der Waals surface area (Å²) in [5.41, 5.74) is 2.39. The van der Waals surface area contributed by atoms with Gasteiger partial charge in [0.2, 0.25) is 0 Å². The Balaban J connectivity index is 0.000000196. The number of nitrogens with zero attached hydrogens (tertiary/aromatic N) is 4. The maximum Gasteiger partial charge on any atom is 0.335 e. The Hall–Kier alpha value is -4.86. The minimum absolute atomic E-state index is 0.0969. The van der Waals surface area contributed by atoms with Crippen LogP contribution in [0.25, 0.3) is 0 Å². The van der Waals surface area contributed by atoms with Crippen molar-refractivity contribution in [3.63, 3.8) is 0 Å². The van der Waals surface area contributed by atoms with Crippen LogP contribution in [0.4, 0.5) is 0 Å². The molecule has 2 aromatic carbocycles. The highest BCUT2D eigenvalue weighted by Crippen LogP contribution is 2.06. The second-order valence-corrected chi connectivity index (χ2v) is 7.37. The largest absolute Gasteiger partial charge is 0.478 e. The van der Waals surface area contributed by atoms with E-state index in [2.05, 4.69) is 15.3 Å². The first-order valence-corrected chi connectivity index (χ1v) is 10.5. The number of hydrogen-bond acceptors (Lipinski definition) is 6. The zero-order valence-corrected chi connectivity index (χ0v) is 18.9. The number of carboxylic acids is 1. The highest BCUT2D eigenvalue weighted by atomic mass is 16.4. The Bertz CT molecular complexity index is 1410. The molecule has 0 saturated carbocycles. The van der Waals surface area contributed by atoms with Crippen molar-refractivity contribution in [2.75, 3.05) is 7.05 Å². The monoisotopic (exact) mass is 473 g/mol. The lowest BCUT2D eigenvalue weighted by atomic mass is 10.1. The lowest BCUT2D eigenvalue weighted by Crippen LogP contribution is -2.20. The number of hydrogen-bond donors (Lipinski definition) is 2. The summed E-state index contributed by atoms with van der Waals surface area (Å²) in [6, 6.07) is 16.3.